The predicted molar refractivity (Wildman–Crippen MR) is 121 cm³/mol. The van der Waals surface area contributed by atoms with E-state index in [9.17, 15) is 9.18 Å². The van der Waals surface area contributed by atoms with Crippen LogP contribution >= 0.6 is 0 Å². The van der Waals surface area contributed by atoms with Crippen molar-refractivity contribution < 1.29 is 9.18 Å². The first kappa shape index (κ1) is 21.2. The van der Waals surface area contributed by atoms with E-state index < -0.39 is 5.82 Å². The van der Waals surface area contributed by atoms with E-state index in [-0.39, 0.29) is 23.7 Å². The molecule has 0 fully saturated rings. The quantitative estimate of drug-likeness (QED) is 0.430. The molecule has 3 aromatic heterocycles. The molecule has 0 amide bonds. The summed E-state index contributed by atoms with van der Waals surface area (Å²) >= 11 is 0. The predicted octanol–water partition coefficient (Wildman–Crippen LogP) is 4.70. The molecule has 0 aliphatic heterocycles. The number of anilines is 1. The average Bonchev–Trinajstić information content (AvgIpc) is 2.81. The summed E-state index contributed by atoms with van der Waals surface area (Å²) in [5, 5.41) is 0. The molecular formula is C25H22FN5O. The summed E-state index contributed by atoms with van der Waals surface area (Å²) in [6, 6.07) is 11.3. The number of nitrogen functional groups attached to an aromatic ring is 1. The van der Waals surface area contributed by atoms with Crippen molar-refractivity contribution in [3.63, 3.8) is 0 Å². The number of carbonyl (C=O) groups excluding carboxylic acids is 1. The van der Waals surface area contributed by atoms with Gasteiger partial charge in [0.05, 0.1) is 18.1 Å². The van der Waals surface area contributed by atoms with Gasteiger partial charge in [-0.2, -0.15) is 0 Å². The Bertz CT molecular complexity index is 1260. The van der Waals surface area contributed by atoms with Gasteiger partial charge in [0.25, 0.3) is 0 Å². The molecule has 32 heavy (non-hydrogen) atoms. The molecule has 0 spiro atoms. The molecule has 0 aliphatic rings. The summed E-state index contributed by atoms with van der Waals surface area (Å²) in [6.07, 6.45) is 9.34. The Hall–Kier alpha value is -4.00. The molecular weight excluding hydrogens is 405 g/mol. The third kappa shape index (κ3) is 4.51. The van der Waals surface area contributed by atoms with Crippen LogP contribution in [0.2, 0.25) is 0 Å². The lowest BCUT2D eigenvalue weighted by atomic mass is 9.98. The van der Waals surface area contributed by atoms with Crippen LogP contribution in [-0.2, 0) is 12.8 Å². The zero-order chi connectivity index (χ0) is 22.5. The van der Waals surface area contributed by atoms with Crippen molar-refractivity contribution >= 4 is 11.6 Å². The number of aryl methyl sites for hydroxylation is 1. The normalized spacial score (nSPS) is 10.8. The van der Waals surface area contributed by atoms with Crippen LogP contribution in [0.5, 0.6) is 0 Å². The lowest BCUT2D eigenvalue weighted by molar-refractivity contribution is 0.0989. The smallest absolute Gasteiger partial charge is 0.189 e. The zero-order valence-electron chi connectivity index (χ0n) is 17.6. The summed E-state index contributed by atoms with van der Waals surface area (Å²) in [7, 11) is 0. The summed E-state index contributed by atoms with van der Waals surface area (Å²) in [5.74, 6) is -0.731. The molecule has 1 aromatic carbocycles. The molecule has 4 aromatic rings. The van der Waals surface area contributed by atoms with E-state index in [1.165, 1.54) is 11.8 Å². The summed E-state index contributed by atoms with van der Waals surface area (Å²) in [6.45, 7) is 2.13. The van der Waals surface area contributed by atoms with Crippen molar-refractivity contribution in [2.24, 2.45) is 0 Å². The van der Waals surface area contributed by atoms with Crippen LogP contribution in [0.25, 0.3) is 22.4 Å². The van der Waals surface area contributed by atoms with Crippen molar-refractivity contribution in [3.05, 3.63) is 90.0 Å². The largest absolute Gasteiger partial charge is 0.382 e. The Balaban J connectivity index is 1.64. The molecule has 4 rings (SSSR count). The first-order chi connectivity index (χ1) is 15.6. The minimum Gasteiger partial charge on any atom is -0.382 e. The van der Waals surface area contributed by atoms with E-state index in [4.69, 9.17) is 5.73 Å². The number of ketones is 1. The molecule has 6 nitrogen and oxygen atoms in total. The molecule has 2 N–H and O–H groups in total. The van der Waals surface area contributed by atoms with Crippen molar-refractivity contribution in [2.75, 3.05) is 5.73 Å². The summed E-state index contributed by atoms with van der Waals surface area (Å²) in [4.78, 5) is 29.7. The Kier molecular flexibility index (Phi) is 6.26. The number of nitrogens with two attached hydrogens (primary N) is 1. The van der Waals surface area contributed by atoms with Crippen molar-refractivity contribution in [1.29, 1.82) is 0 Å². The van der Waals surface area contributed by atoms with Crippen LogP contribution in [0.1, 0.15) is 35.0 Å². The summed E-state index contributed by atoms with van der Waals surface area (Å²) < 4.78 is 14.3. The fourth-order valence-corrected chi connectivity index (χ4v) is 3.55. The van der Waals surface area contributed by atoms with Gasteiger partial charge in [-0.25, -0.2) is 14.4 Å². The van der Waals surface area contributed by atoms with Gasteiger partial charge in [0.2, 0.25) is 0 Å². The third-order valence-corrected chi connectivity index (χ3v) is 5.17. The maximum absolute atomic E-state index is 14.3. The summed E-state index contributed by atoms with van der Waals surface area (Å²) in [5.41, 5.74) is 10.2. The molecule has 0 atom stereocenters. The lowest BCUT2D eigenvalue weighted by Crippen LogP contribution is -2.12. The first-order valence-corrected chi connectivity index (χ1v) is 10.3. The van der Waals surface area contributed by atoms with Gasteiger partial charge in [0, 0.05) is 36.1 Å². The average molecular weight is 427 g/mol. The molecule has 0 saturated heterocycles. The van der Waals surface area contributed by atoms with Gasteiger partial charge in [-0.1, -0.05) is 37.6 Å². The monoisotopic (exact) mass is 427 g/mol. The minimum absolute atomic E-state index is 0.0390. The van der Waals surface area contributed by atoms with Gasteiger partial charge in [0.1, 0.15) is 11.5 Å². The molecule has 0 unspecified atom stereocenters. The number of halogens is 1. The lowest BCUT2D eigenvalue weighted by Gasteiger charge is -2.11. The van der Waals surface area contributed by atoms with E-state index in [2.05, 4.69) is 26.9 Å². The Morgan fingerprint density at radius 3 is 2.41 bits per heavy atom. The van der Waals surface area contributed by atoms with Gasteiger partial charge in [0.15, 0.2) is 11.6 Å². The first-order valence-electron chi connectivity index (χ1n) is 10.3. The Morgan fingerprint density at radius 2 is 1.69 bits per heavy atom. The van der Waals surface area contributed by atoms with E-state index in [1.807, 2.05) is 24.3 Å². The topological polar surface area (TPSA) is 94.7 Å². The van der Waals surface area contributed by atoms with Crippen molar-refractivity contribution in [2.45, 2.75) is 26.2 Å². The van der Waals surface area contributed by atoms with Gasteiger partial charge in [-0.05, 0) is 35.2 Å². The molecule has 0 bridgehead atoms. The van der Waals surface area contributed by atoms with Gasteiger partial charge >= 0.3 is 0 Å². The number of hydrogen-bond donors (Lipinski definition) is 1. The molecule has 7 heteroatoms. The number of carbonyl (C=O) groups is 1. The highest BCUT2D eigenvalue weighted by molar-refractivity contribution is 6.00. The van der Waals surface area contributed by atoms with E-state index in [1.54, 1.807) is 30.7 Å². The SMILES string of the molecule is CCCc1ccc(-c2cnc(N)c(C(=O)Cc3cnccc3-c3ccncc3F)n2)cc1. The Morgan fingerprint density at radius 1 is 0.969 bits per heavy atom. The fraction of sp³-hybridized carbons (Fsp3) is 0.160. The number of pyridine rings is 2. The molecule has 3 heterocycles. The van der Waals surface area contributed by atoms with Crippen LogP contribution in [0, 0.1) is 5.82 Å². The van der Waals surface area contributed by atoms with Gasteiger partial charge in [-0.3, -0.25) is 14.8 Å². The van der Waals surface area contributed by atoms with Crippen LogP contribution in [0.4, 0.5) is 10.2 Å². The second-order valence-electron chi connectivity index (χ2n) is 7.42. The van der Waals surface area contributed by atoms with Crippen molar-refractivity contribution in [1.82, 2.24) is 19.9 Å². The highest BCUT2D eigenvalue weighted by Gasteiger charge is 2.18. The number of aromatic nitrogens is 4. The Labute approximate surface area is 185 Å². The minimum atomic E-state index is -0.472. The second kappa shape index (κ2) is 9.43. The van der Waals surface area contributed by atoms with Crippen LogP contribution < -0.4 is 5.73 Å². The highest BCUT2D eigenvalue weighted by atomic mass is 19.1. The van der Waals surface area contributed by atoms with E-state index in [0.29, 0.717) is 22.4 Å². The second-order valence-corrected chi connectivity index (χ2v) is 7.42. The third-order valence-electron chi connectivity index (χ3n) is 5.17. The standard InChI is InChI=1S/C25H22FN5O/c1-2-3-16-4-6-17(7-5-16)22-15-30-25(27)24(31-22)23(32)12-18-13-28-10-8-19(18)20-9-11-29-14-21(20)26/h4-11,13-15H,2-3,12H2,1H3,(H2,27,30). The molecule has 0 radical (unpaired) electrons. The molecule has 0 aliphatic carbocycles. The maximum atomic E-state index is 14.3. The van der Waals surface area contributed by atoms with E-state index >= 15 is 0 Å². The number of Topliss-reactive ketones (excluding diaryl/α,β-unsaturated/α-hetero) is 1. The zero-order valence-corrected chi connectivity index (χ0v) is 17.6. The number of benzene rings is 1. The molecule has 0 saturated carbocycles. The van der Waals surface area contributed by atoms with Gasteiger partial charge < -0.3 is 5.73 Å². The fourth-order valence-electron chi connectivity index (χ4n) is 3.55. The van der Waals surface area contributed by atoms with Gasteiger partial charge in [-0.15, -0.1) is 0 Å². The molecule has 160 valence electrons. The van der Waals surface area contributed by atoms with Crippen LogP contribution in [0.3, 0.4) is 0 Å². The van der Waals surface area contributed by atoms with Crippen LogP contribution in [0.15, 0.2) is 67.4 Å². The number of rotatable bonds is 7. The maximum Gasteiger partial charge on any atom is 0.189 e. The number of hydrogen-bond acceptors (Lipinski definition) is 6. The highest BCUT2D eigenvalue weighted by Crippen LogP contribution is 2.27. The van der Waals surface area contributed by atoms with E-state index in [0.717, 1.165) is 24.6 Å². The van der Waals surface area contributed by atoms with Crippen molar-refractivity contribution in [3.8, 4) is 22.4 Å². The van der Waals surface area contributed by atoms with Crippen LogP contribution in [-0.4, -0.2) is 25.7 Å². The number of nitrogens with zero attached hydrogens (tertiary/aromatic N) is 4.